The van der Waals surface area contributed by atoms with Crippen molar-refractivity contribution in [1.82, 2.24) is 14.5 Å². The number of para-hydroxylation sites is 2. The van der Waals surface area contributed by atoms with E-state index in [9.17, 15) is 0 Å². The Hall–Kier alpha value is -4.15. The van der Waals surface area contributed by atoms with Gasteiger partial charge in [-0.05, 0) is 53.1 Å². The average Bonchev–Trinajstić information content (AvgIpc) is 3.40. The number of aromatic nitrogens is 3. The molecule has 0 unspecified atom stereocenters. The van der Waals surface area contributed by atoms with Crippen LogP contribution in [0.2, 0.25) is 5.28 Å². The molecule has 0 aliphatic heterocycles. The van der Waals surface area contributed by atoms with E-state index in [2.05, 4.69) is 75.2 Å². The predicted molar refractivity (Wildman–Crippen MR) is 134 cm³/mol. The molecule has 33 heavy (non-hydrogen) atoms. The number of hydrogen-bond donors (Lipinski definition) is 0. The zero-order valence-corrected chi connectivity index (χ0v) is 18.1. The van der Waals surface area contributed by atoms with Crippen LogP contribution >= 0.6 is 11.6 Å². The smallest absolute Gasteiger partial charge is 0.225 e. The summed E-state index contributed by atoms with van der Waals surface area (Å²) >= 11 is 6.43. The standard InChI is InChI=1S/C28H16ClN3O/c29-28-30-25-20-11-5-7-13-24(20)33-26(25)27(31-28)32-22-12-6-4-10-19(22)21-16-18(14-15-23(21)32)17-8-2-1-3-9-17/h1-16H. The minimum absolute atomic E-state index is 0.191. The van der Waals surface area contributed by atoms with Crippen LogP contribution in [-0.2, 0) is 0 Å². The Morgan fingerprint density at radius 2 is 1.36 bits per heavy atom. The van der Waals surface area contributed by atoms with Crippen LogP contribution in [0.4, 0.5) is 0 Å². The van der Waals surface area contributed by atoms with E-state index in [1.165, 1.54) is 11.1 Å². The summed E-state index contributed by atoms with van der Waals surface area (Å²) in [7, 11) is 0. The maximum Gasteiger partial charge on any atom is 0.225 e. The van der Waals surface area contributed by atoms with E-state index in [1.807, 2.05) is 36.4 Å². The molecule has 0 saturated heterocycles. The van der Waals surface area contributed by atoms with Crippen molar-refractivity contribution < 1.29 is 4.42 Å². The Kier molecular flexibility index (Phi) is 3.87. The van der Waals surface area contributed by atoms with E-state index >= 15 is 0 Å². The molecule has 0 N–H and O–H groups in total. The third kappa shape index (κ3) is 2.71. The van der Waals surface area contributed by atoms with Crippen LogP contribution in [0.5, 0.6) is 0 Å². The fourth-order valence-electron chi connectivity index (χ4n) is 4.71. The lowest BCUT2D eigenvalue weighted by atomic mass is 10.0. The average molecular weight is 446 g/mol. The van der Waals surface area contributed by atoms with E-state index in [0.29, 0.717) is 16.9 Å². The van der Waals surface area contributed by atoms with E-state index < -0.39 is 0 Å². The van der Waals surface area contributed by atoms with Gasteiger partial charge in [-0.3, -0.25) is 4.57 Å². The monoisotopic (exact) mass is 445 g/mol. The topological polar surface area (TPSA) is 43.9 Å². The molecule has 0 spiro atoms. The molecule has 0 amide bonds. The summed E-state index contributed by atoms with van der Waals surface area (Å²) in [5.41, 5.74) is 6.52. The molecular formula is C28H16ClN3O. The van der Waals surface area contributed by atoms with Gasteiger partial charge in [0.2, 0.25) is 5.28 Å². The zero-order valence-electron chi connectivity index (χ0n) is 17.4. The second-order valence-electron chi connectivity index (χ2n) is 8.04. The van der Waals surface area contributed by atoms with Crippen LogP contribution < -0.4 is 0 Å². The summed E-state index contributed by atoms with van der Waals surface area (Å²) in [6.07, 6.45) is 0. The lowest BCUT2D eigenvalue weighted by Crippen LogP contribution is -1.99. The molecule has 0 radical (unpaired) electrons. The normalized spacial score (nSPS) is 11.8. The third-order valence-electron chi connectivity index (χ3n) is 6.17. The third-order valence-corrected chi connectivity index (χ3v) is 6.34. The summed E-state index contributed by atoms with van der Waals surface area (Å²) in [4.78, 5) is 9.14. The molecule has 4 aromatic carbocycles. The van der Waals surface area contributed by atoms with Gasteiger partial charge in [0.05, 0.1) is 11.0 Å². The SMILES string of the molecule is Clc1nc(-n2c3ccccc3c3cc(-c4ccccc4)ccc32)c2oc3ccccc3c2n1. The molecule has 0 atom stereocenters. The molecule has 0 aliphatic rings. The Morgan fingerprint density at radius 1 is 0.636 bits per heavy atom. The van der Waals surface area contributed by atoms with Gasteiger partial charge in [0.1, 0.15) is 11.1 Å². The minimum Gasteiger partial charge on any atom is -0.450 e. The Labute approximate surface area is 193 Å². The number of halogens is 1. The molecule has 0 saturated carbocycles. The fourth-order valence-corrected chi connectivity index (χ4v) is 4.88. The molecule has 5 heteroatoms. The minimum atomic E-state index is 0.191. The maximum absolute atomic E-state index is 6.43. The van der Waals surface area contributed by atoms with Crippen LogP contribution in [0.3, 0.4) is 0 Å². The first-order valence-electron chi connectivity index (χ1n) is 10.7. The van der Waals surface area contributed by atoms with Crippen LogP contribution in [0, 0.1) is 0 Å². The molecule has 0 fully saturated rings. The van der Waals surface area contributed by atoms with Gasteiger partial charge in [-0.25, -0.2) is 4.98 Å². The highest BCUT2D eigenvalue weighted by atomic mass is 35.5. The lowest BCUT2D eigenvalue weighted by Gasteiger charge is -2.08. The maximum atomic E-state index is 6.43. The molecule has 7 aromatic rings. The van der Waals surface area contributed by atoms with Gasteiger partial charge in [0.25, 0.3) is 0 Å². The molecule has 156 valence electrons. The lowest BCUT2D eigenvalue weighted by molar-refractivity contribution is 0.662. The van der Waals surface area contributed by atoms with Gasteiger partial charge >= 0.3 is 0 Å². The molecular weight excluding hydrogens is 430 g/mol. The first-order valence-corrected chi connectivity index (χ1v) is 11.1. The van der Waals surface area contributed by atoms with Crippen LogP contribution in [0.15, 0.2) is 101 Å². The largest absolute Gasteiger partial charge is 0.450 e. The second kappa shape index (κ2) is 6.92. The fraction of sp³-hybridized carbons (Fsp3) is 0. The van der Waals surface area contributed by atoms with Crippen molar-refractivity contribution >= 4 is 55.5 Å². The number of nitrogens with zero attached hydrogens (tertiary/aromatic N) is 3. The number of fused-ring (bicyclic) bond motifs is 6. The van der Waals surface area contributed by atoms with Crippen molar-refractivity contribution in [2.75, 3.05) is 0 Å². The van der Waals surface area contributed by atoms with Crippen molar-refractivity contribution in [3.05, 3.63) is 102 Å². The summed E-state index contributed by atoms with van der Waals surface area (Å²) in [6, 6.07) is 33.1. The van der Waals surface area contributed by atoms with E-state index in [4.69, 9.17) is 16.0 Å². The highest BCUT2D eigenvalue weighted by molar-refractivity contribution is 6.29. The Balaban J connectivity index is 1.61. The number of rotatable bonds is 2. The van der Waals surface area contributed by atoms with Gasteiger partial charge in [-0.2, -0.15) is 4.98 Å². The van der Waals surface area contributed by atoms with E-state index in [-0.39, 0.29) is 5.28 Å². The predicted octanol–water partition coefficient (Wildman–Crippen LogP) is 7.79. The second-order valence-corrected chi connectivity index (χ2v) is 8.38. The van der Waals surface area contributed by atoms with Gasteiger partial charge in [-0.15, -0.1) is 0 Å². The van der Waals surface area contributed by atoms with Gasteiger partial charge in [0.15, 0.2) is 11.4 Å². The number of hydrogen-bond acceptors (Lipinski definition) is 3. The molecule has 3 aromatic heterocycles. The van der Waals surface area contributed by atoms with Crippen molar-refractivity contribution in [1.29, 1.82) is 0 Å². The van der Waals surface area contributed by atoms with Crippen molar-refractivity contribution in [3.63, 3.8) is 0 Å². The molecule has 3 heterocycles. The first kappa shape index (κ1) is 18.4. The van der Waals surface area contributed by atoms with Crippen LogP contribution in [0.25, 0.3) is 60.8 Å². The van der Waals surface area contributed by atoms with Gasteiger partial charge in [0, 0.05) is 16.2 Å². The molecule has 0 aliphatic carbocycles. The van der Waals surface area contributed by atoms with Gasteiger partial charge < -0.3 is 4.42 Å². The quantitative estimate of drug-likeness (QED) is 0.255. The number of furan rings is 1. The molecule has 0 bridgehead atoms. The summed E-state index contributed by atoms with van der Waals surface area (Å²) < 4.78 is 8.37. The number of benzene rings is 4. The Bertz CT molecular complexity index is 1830. The van der Waals surface area contributed by atoms with Crippen molar-refractivity contribution in [3.8, 4) is 16.9 Å². The molecule has 7 rings (SSSR count). The molecule has 4 nitrogen and oxygen atoms in total. The summed E-state index contributed by atoms with van der Waals surface area (Å²) in [5.74, 6) is 0.639. The van der Waals surface area contributed by atoms with Crippen LogP contribution in [-0.4, -0.2) is 14.5 Å². The van der Waals surface area contributed by atoms with E-state index in [0.717, 1.165) is 32.8 Å². The van der Waals surface area contributed by atoms with Crippen LogP contribution in [0.1, 0.15) is 0 Å². The van der Waals surface area contributed by atoms with Crippen molar-refractivity contribution in [2.45, 2.75) is 0 Å². The highest BCUT2D eigenvalue weighted by Gasteiger charge is 2.20. The van der Waals surface area contributed by atoms with Crippen molar-refractivity contribution in [2.24, 2.45) is 0 Å². The zero-order chi connectivity index (χ0) is 21.9. The van der Waals surface area contributed by atoms with Gasteiger partial charge in [-0.1, -0.05) is 66.7 Å². The Morgan fingerprint density at radius 3 is 2.24 bits per heavy atom. The summed E-state index contributed by atoms with van der Waals surface area (Å²) in [5, 5.41) is 3.40. The summed E-state index contributed by atoms with van der Waals surface area (Å²) in [6.45, 7) is 0. The highest BCUT2D eigenvalue weighted by Crippen LogP contribution is 2.38. The first-order chi connectivity index (χ1) is 16.3. The van der Waals surface area contributed by atoms with E-state index in [1.54, 1.807) is 0 Å².